The number of carbonyl (C=O) groups is 1. The van der Waals surface area contributed by atoms with E-state index in [9.17, 15) is 9.18 Å². The molecule has 0 saturated carbocycles. The Bertz CT molecular complexity index is 1000. The molecule has 8 heteroatoms. The third-order valence-electron chi connectivity index (χ3n) is 5.22. The predicted octanol–water partition coefficient (Wildman–Crippen LogP) is 2.48. The number of furan rings is 1. The monoisotopic (exact) mass is 397 g/mol. The SMILES string of the molecule is CN=C(NCCc1c[nH]c2cc(F)ccc12)N1CCN(C(=O)c2ccco2)CC1. The Morgan fingerprint density at radius 1 is 1.24 bits per heavy atom. The van der Waals surface area contributed by atoms with E-state index < -0.39 is 0 Å². The smallest absolute Gasteiger partial charge is 0.289 e. The van der Waals surface area contributed by atoms with Gasteiger partial charge in [0.15, 0.2) is 11.7 Å². The molecular formula is C21H24FN5O2. The number of guanidine groups is 1. The van der Waals surface area contributed by atoms with Crippen molar-refractivity contribution in [2.75, 3.05) is 39.8 Å². The molecule has 0 aliphatic carbocycles. The summed E-state index contributed by atoms with van der Waals surface area (Å²) in [6.07, 6.45) is 4.23. The van der Waals surface area contributed by atoms with Gasteiger partial charge in [0, 0.05) is 56.9 Å². The fourth-order valence-corrected chi connectivity index (χ4v) is 3.68. The summed E-state index contributed by atoms with van der Waals surface area (Å²) in [6, 6.07) is 8.21. The number of nitrogens with zero attached hydrogens (tertiary/aromatic N) is 3. The van der Waals surface area contributed by atoms with Gasteiger partial charge < -0.3 is 24.5 Å². The van der Waals surface area contributed by atoms with Crippen LogP contribution in [0.25, 0.3) is 10.9 Å². The summed E-state index contributed by atoms with van der Waals surface area (Å²) < 4.78 is 18.5. The number of nitrogens with one attached hydrogen (secondary N) is 2. The Labute approximate surface area is 168 Å². The van der Waals surface area contributed by atoms with E-state index in [1.54, 1.807) is 30.1 Å². The van der Waals surface area contributed by atoms with Gasteiger partial charge in [-0.05, 0) is 42.3 Å². The van der Waals surface area contributed by atoms with Crippen molar-refractivity contribution < 1.29 is 13.6 Å². The van der Waals surface area contributed by atoms with Gasteiger partial charge in [-0.1, -0.05) is 0 Å². The molecule has 3 heterocycles. The normalized spacial score (nSPS) is 15.2. The van der Waals surface area contributed by atoms with Crippen molar-refractivity contribution in [3.05, 3.63) is 59.9 Å². The zero-order chi connectivity index (χ0) is 20.2. The van der Waals surface area contributed by atoms with Crippen molar-refractivity contribution in [1.82, 2.24) is 20.1 Å². The van der Waals surface area contributed by atoms with Gasteiger partial charge >= 0.3 is 0 Å². The fourth-order valence-electron chi connectivity index (χ4n) is 3.68. The number of carbonyl (C=O) groups excluding carboxylic acids is 1. The number of benzene rings is 1. The second-order valence-electron chi connectivity index (χ2n) is 6.98. The highest BCUT2D eigenvalue weighted by Gasteiger charge is 2.25. The number of halogens is 1. The van der Waals surface area contributed by atoms with Gasteiger partial charge in [0.05, 0.1) is 6.26 Å². The molecule has 0 spiro atoms. The molecule has 1 fully saturated rings. The molecule has 1 saturated heterocycles. The van der Waals surface area contributed by atoms with Crippen LogP contribution in [0.15, 0.2) is 52.2 Å². The fraction of sp³-hybridized carbons (Fsp3) is 0.333. The van der Waals surface area contributed by atoms with E-state index in [0.717, 1.165) is 28.8 Å². The molecule has 2 N–H and O–H groups in total. The summed E-state index contributed by atoms with van der Waals surface area (Å²) in [4.78, 5) is 23.8. The molecule has 0 bridgehead atoms. The molecule has 4 rings (SSSR count). The van der Waals surface area contributed by atoms with E-state index in [0.29, 0.717) is 38.5 Å². The molecule has 1 amide bonds. The van der Waals surface area contributed by atoms with Gasteiger partial charge in [0.25, 0.3) is 5.91 Å². The average molecular weight is 397 g/mol. The molecular weight excluding hydrogens is 373 g/mol. The topological polar surface area (TPSA) is 76.9 Å². The third-order valence-corrected chi connectivity index (χ3v) is 5.22. The number of H-pyrrole nitrogens is 1. The quantitative estimate of drug-likeness (QED) is 0.524. The first kappa shape index (κ1) is 19.0. The number of piperazine rings is 1. The molecule has 1 aliphatic heterocycles. The van der Waals surface area contributed by atoms with E-state index in [1.807, 2.05) is 6.20 Å². The summed E-state index contributed by atoms with van der Waals surface area (Å²) in [5.74, 6) is 0.878. The lowest BCUT2D eigenvalue weighted by Crippen LogP contribution is -2.53. The lowest BCUT2D eigenvalue weighted by Gasteiger charge is -2.36. The highest BCUT2D eigenvalue weighted by atomic mass is 19.1. The van der Waals surface area contributed by atoms with Crippen LogP contribution in [0.5, 0.6) is 0 Å². The predicted molar refractivity (Wildman–Crippen MR) is 110 cm³/mol. The lowest BCUT2D eigenvalue weighted by atomic mass is 10.1. The standard InChI is InChI=1S/C21H24FN5O2/c1-23-21(24-7-6-15-14-25-18-13-16(22)4-5-17(15)18)27-10-8-26(9-11-27)20(28)19-3-2-12-29-19/h2-5,12-14,25H,6-11H2,1H3,(H,23,24). The minimum atomic E-state index is -0.242. The van der Waals surface area contributed by atoms with Gasteiger partial charge in [-0.15, -0.1) is 0 Å². The number of hydrogen-bond acceptors (Lipinski definition) is 3. The number of aromatic nitrogens is 1. The van der Waals surface area contributed by atoms with E-state index in [1.165, 1.54) is 18.4 Å². The third kappa shape index (κ3) is 4.11. The molecule has 1 aromatic carbocycles. The number of aromatic amines is 1. The minimum Gasteiger partial charge on any atom is -0.459 e. The Balaban J connectivity index is 1.29. The summed E-state index contributed by atoms with van der Waals surface area (Å²) in [7, 11) is 1.76. The van der Waals surface area contributed by atoms with Crippen molar-refractivity contribution >= 4 is 22.8 Å². The van der Waals surface area contributed by atoms with Crippen molar-refractivity contribution in [1.29, 1.82) is 0 Å². The molecule has 1 aliphatic rings. The van der Waals surface area contributed by atoms with Gasteiger partial charge in [0.1, 0.15) is 5.82 Å². The van der Waals surface area contributed by atoms with Crippen LogP contribution in [-0.2, 0) is 6.42 Å². The first-order valence-electron chi connectivity index (χ1n) is 9.69. The van der Waals surface area contributed by atoms with E-state index >= 15 is 0 Å². The number of amides is 1. The molecule has 2 aromatic heterocycles. The second kappa shape index (κ2) is 8.38. The zero-order valence-electron chi connectivity index (χ0n) is 16.3. The van der Waals surface area contributed by atoms with E-state index in [-0.39, 0.29) is 11.7 Å². The van der Waals surface area contributed by atoms with Gasteiger partial charge in [-0.3, -0.25) is 9.79 Å². The van der Waals surface area contributed by atoms with Gasteiger partial charge in [-0.2, -0.15) is 0 Å². The summed E-state index contributed by atoms with van der Waals surface area (Å²) in [6.45, 7) is 3.36. The van der Waals surface area contributed by atoms with Crippen LogP contribution >= 0.6 is 0 Å². The van der Waals surface area contributed by atoms with Crippen molar-refractivity contribution in [2.45, 2.75) is 6.42 Å². The summed E-state index contributed by atoms with van der Waals surface area (Å²) >= 11 is 0. The van der Waals surface area contributed by atoms with Crippen molar-refractivity contribution in [2.24, 2.45) is 4.99 Å². The van der Waals surface area contributed by atoms with Crippen LogP contribution < -0.4 is 5.32 Å². The van der Waals surface area contributed by atoms with Crippen LogP contribution in [0.3, 0.4) is 0 Å². The van der Waals surface area contributed by atoms with E-state index in [2.05, 4.69) is 20.2 Å². The molecule has 0 unspecified atom stereocenters. The van der Waals surface area contributed by atoms with Crippen molar-refractivity contribution in [3.8, 4) is 0 Å². The van der Waals surface area contributed by atoms with E-state index in [4.69, 9.17) is 4.42 Å². The highest BCUT2D eigenvalue weighted by Crippen LogP contribution is 2.19. The highest BCUT2D eigenvalue weighted by molar-refractivity contribution is 5.91. The molecule has 0 radical (unpaired) electrons. The molecule has 7 nitrogen and oxygen atoms in total. The van der Waals surface area contributed by atoms with Gasteiger partial charge in [0.2, 0.25) is 0 Å². The van der Waals surface area contributed by atoms with Crippen LogP contribution in [0.1, 0.15) is 16.1 Å². The Morgan fingerprint density at radius 2 is 2.03 bits per heavy atom. The van der Waals surface area contributed by atoms with Crippen LogP contribution in [0, 0.1) is 5.82 Å². The molecule has 0 atom stereocenters. The van der Waals surface area contributed by atoms with Crippen molar-refractivity contribution in [3.63, 3.8) is 0 Å². The number of hydrogen-bond donors (Lipinski definition) is 2. The summed E-state index contributed by atoms with van der Waals surface area (Å²) in [5, 5.41) is 4.43. The minimum absolute atomic E-state index is 0.0756. The molecule has 29 heavy (non-hydrogen) atoms. The number of rotatable bonds is 4. The zero-order valence-corrected chi connectivity index (χ0v) is 16.3. The lowest BCUT2D eigenvalue weighted by molar-refractivity contribution is 0.0658. The van der Waals surface area contributed by atoms with Crippen LogP contribution in [0.4, 0.5) is 4.39 Å². The maximum Gasteiger partial charge on any atom is 0.289 e. The largest absolute Gasteiger partial charge is 0.459 e. The first-order chi connectivity index (χ1) is 14.2. The average Bonchev–Trinajstić information content (AvgIpc) is 3.41. The molecule has 3 aromatic rings. The first-order valence-corrected chi connectivity index (χ1v) is 9.69. The maximum absolute atomic E-state index is 13.3. The second-order valence-corrected chi connectivity index (χ2v) is 6.98. The van der Waals surface area contributed by atoms with Gasteiger partial charge in [-0.25, -0.2) is 4.39 Å². The van der Waals surface area contributed by atoms with Crippen LogP contribution in [0.2, 0.25) is 0 Å². The summed E-state index contributed by atoms with van der Waals surface area (Å²) in [5.41, 5.74) is 1.94. The Morgan fingerprint density at radius 3 is 2.76 bits per heavy atom. The maximum atomic E-state index is 13.3. The number of aliphatic imine (C=N–C) groups is 1. The number of fused-ring (bicyclic) bond motifs is 1. The Hall–Kier alpha value is -3.29. The Kier molecular flexibility index (Phi) is 5.50. The van der Waals surface area contributed by atoms with Crippen LogP contribution in [-0.4, -0.2) is 66.4 Å². The molecule has 152 valence electrons.